The number of rotatable bonds is 4. The predicted molar refractivity (Wildman–Crippen MR) is 84.7 cm³/mol. The molecule has 22 heavy (non-hydrogen) atoms. The molecule has 0 aliphatic heterocycles. The van der Waals surface area contributed by atoms with Crippen LogP contribution in [0.5, 0.6) is 0 Å². The average Bonchev–Trinajstić information content (AvgIpc) is 2.55. The van der Waals surface area contributed by atoms with E-state index in [1.54, 1.807) is 30.6 Å². The quantitative estimate of drug-likeness (QED) is 0.695. The molecule has 1 aromatic heterocycles. The molecule has 112 valence electrons. The molecule has 2 aromatic rings. The first-order valence-corrected chi connectivity index (χ1v) is 6.75. The minimum atomic E-state index is -0.563. The van der Waals surface area contributed by atoms with Gasteiger partial charge in [0.1, 0.15) is 0 Å². The summed E-state index contributed by atoms with van der Waals surface area (Å²) in [5.41, 5.74) is 1.45. The van der Waals surface area contributed by atoms with Crippen LogP contribution in [0, 0.1) is 0 Å². The number of esters is 1. The normalized spacial score (nSPS) is 10.5. The van der Waals surface area contributed by atoms with E-state index in [0.29, 0.717) is 5.69 Å². The fraction of sp³-hybridized carbons (Fsp3) is 0.0625. The summed E-state index contributed by atoms with van der Waals surface area (Å²) in [6.45, 7) is 0. The molecule has 6 heteroatoms. The van der Waals surface area contributed by atoms with Crippen LogP contribution in [0.3, 0.4) is 0 Å². The second kappa shape index (κ2) is 7.38. The number of methoxy groups -OCH3 is 1. The Kier molecular flexibility index (Phi) is 5.27. The van der Waals surface area contributed by atoms with Gasteiger partial charge in [-0.3, -0.25) is 9.78 Å². The molecule has 0 spiro atoms. The third kappa shape index (κ3) is 4.17. The van der Waals surface area contributed by atoms with Gasteiger partial charge in [-0.2, -0.15) is 0 Å². The van der Waals surface area contributed by atoms with Gasteiger partial charge in [-0.1, -0.05) is 17.7 Å². The number of amides is 1. The van der Waals surface area contributed by atoms with Crippen LogP contribution in [0.1, 0.15) is 15.9 Å². The van der Waals surface area contributed by atoms with Crippen molar-refractivity contribution >= 4 is 35.2 Å². The number of benzene rings is 1. The largest absolute Gasteiger partial charge is 0.465 e. The number of anilines is 1. The lowest BCUT2D eigenvalue weighted by Gasteiger charge is -2.06. The lowest BCUT2D eigenvalue weighted by molar-refractivity contribution is -0.111. The molecule has 0 aliphatic rings. The van der Waals surface area contributed by atoms with Crippen molar-refractivity contribution < 1.29 is 14.3 Å². The maximum atomic E-state index is 11.9. The van der Waals surface area contributed by atoms with Crippen molar-refractivity contribution in [1.82, 2.24) is 4.98 Å². The first kappa shape index (κ1) is 15.7. The Labute approximate surface area is 132 Å². The van der Waals surface area contributed by atoms with E-state index in [2.05, 4.69) is 15.0 Å². The standard InChI is InChI=1S/C16H13ClN2O3/c1-22-16(21)13-9-12(5-6-14(13)17)19-15(20)7-4-11-3-2-8-18-10-11/h2-10H,1H3,(H,19,20)/b7-4+. The topological polar surface area (TPSA) is 68.3 Å². The van der Waals surface area contributed by atoms with E-state index in [9.17, 15) is 9.59 Å². The zero-order valence-electron chi connectivity index (χ0n) is 11.7. The van der Waals surface area contributed by atoms with Crippen LogP contribution in [0.15, 0.2) is 48.8 Å². The Bertz CT molecular complexity index is 715. The first-order valence-electron chi connectivity index (χ1n) is 6.37. The highest BCUT2D eigenvalue weighted by molar-refractivity contribution is 6.33. The molecule has 2 rings (SSSR count). The fourth-order valence-electron chi connectivity index (χ4n) is 1.70. The minimum absolute atomic E-state index is 0.193. The van der Waals surface area contributed by atoms with Gasteiger partial charge in [0.25, 0.3) is 0 Å². The van der Waals surface area contributed by atoms with Crippen LogP contribution in [0.4, 0.5) is 5.69 Å². The molecule has 0 unspecified atom stereocenters. The summed E-state index contributed by atoms with van der Waals surface area (Å²) in [7, 11) is 1.26. The summed E-state index contributed by atoms with van der Waals surface area (Å²) in [4.78, 5) is 27.3. The Hall–Kier alpha value is -2.66. The summed E-state index contributed by atoms with van der Waals surface area (Å²) in [5.74, 6) is -0.894. The molecule has 1 amide bonds. The molecule has 0 saturated heterocycles. The van der Waals surface area contributed by atoms with Crippen LogP contribution in [-0.4, -0.2) is 24.0 Å². The van der Waals surface area contributed by atoms with E-state index in [1.807, 2.05) is 6.07 Å². The van der Waals surface area contributed by atoms with Gasteiger partial charge in [0.05, 0.1) is 17.7 Å². The SMILES string of the molecule is COC(=O)c1cc(NC(=O)/C=C/c2cccnc2)ccc1Cl. The molecule has 0 atom stereocenters. The Morgan fingerprint density at radius 3 is 2.82 bits per heavy atom. The van der Waals surface area contributed by atoms with Crippen molar-refractivity contribution in [3.05, 3.63) is 65.0 Å². The van der Waals surface area contributed by atoms with Crippen LogP contribution < -0.4 is 5.32 Å². The highest BCUT2D eigenvalue weighted by Crippen LogP contribution is 2.21. The number of hydrogen-bond acceptors (Lipinski definition) is 4. The summed E-state index contributed by atoms with van der Waals surface area (Å²) in [6.07, 6.45) is 6.31. The summed E-state index contributed by atoms with van der Waals surface area (Å²) in [6, 6.07) is 8.19. The van der Waals surface area contributed by atoms with Crippen LogP contribution in [0.2, 0.25) is 5.02 Å². The van der Waals surface area contributed by atoms with E-state index in [0.717, 1.165) is 5.56 Å². The van der Waals surface area contributed by atoms with Gasteiger partial charge in [0.2, 0.25) is 5.91 Å². The van der Waals surface area contributed by atoms with Gasteiger partial charge in [0.15, 0.2) is 0 Å². The van der Waals surface area contributed by atoms with Crippen LogP contribution in [0.25, 0.3) is 6.08 Å². The zero-order chi connectivity index (χ0) is 15.9. The molecule has 0 fully saturated rings. The average molecular weight is 317 g/mol. The van der Waals surface area contributed by atoms with Crippen molar-refractivity contribution in [3.8, 4) is 0 Å². The molecular formula is C16H13ClN2O3. The third-order valence-electron chi connectivity index (χ3n) is 2.75. The number of ether oxygens (including phenoxy) is 1. The first-order chi connectivity index (χ1) is 10.6. The number of halogens is 1. The molecule has 1 N–H and O–H groups in total. The summed E-state index contributed by atoms with van der Waals surface area (Å²) in [5, 5.41) is 2.91. The minimum Gasteiger partial charge on any atom is -0.465 e. The number of hydrogen-bond donors (Lipinski definition) is 1. The lowest BCUT2D eigenvalue weighted by atomic mass is 10.2. The van der Waals surface area contributed by atoms with Gasteiger partial charge in [-0.25, -0.2) is 4.79 Å². The van der Waals surface area contributed by atoms with Gasteiger partial charge >= 0.3 is 5.97 Å². The van der Waals surface area contributed by atoms with Gasteiger partial charge in [-0.15, -0.1) is 0 Å². The molecule has 0 aliphatic carbocycles. The maximum absolute atomic E-state index is 11.9. The van der Waals surface area contributed by atoms with E-state index < -0.39 is 5.97 Å². The molecule has 1 aromatic carbocycles. The predicted octanol–water partition coefficient (Wildman–Crippen LogP) is 3.17. The van der Waals surface area contributed by atoms with Gasteiger partial charge in [-0.05, 0) is 35.9 Å². The number of aromatic nitrogens is 1. The van der Waals surface area contributed by atoms with E-state index >= 15 is 0 Å². The van der Waals surface area contributed by atoms with E-state index in [1.165, 1.54) is 25.3 Å². The number of carbonyl (C=O) groups excluding carboxylic acids is 2. The lowest BCUT2D eigenvalue weighted by Crippen LogP contribution is -2.09. The number of pyridine rings is 1. The number of nitrogens with zero attached hydrogens (tertiary/aromatic N) is 1. The Morgan fingerprint density at radius 1 is 1.32 bits per heavy atom. The van der Waals surface area contributed by atoms with Gasteiger partial charge < -0.3 is 10.1 Å². The van der Waals surface area contributed by atoms with E-state index in [4.69, 9.17) is 11.6 Å². The molecule has 0 radical (unpaired) electrons. The second-order valence-corrected chi connectivity index (χ2v) is 4.70. The second-order valence-electron chi connectivity index (χ2n) is 4.30. The smallest absolute Gasteiger partial charge is 0.339 e. The highest BCUT2D eigenvalue weighted by Gasteiger charge is 2.11. The molecule has 0 saturated carbocycles. The molecule has 0 bridgehead atoms. The van der Waals surface area contributed by atoms with Crippen LogP contribution >= 0.6 is 11.6 Å². The zero-order valence-corrected chi connectivity index (χ0v) is 12.5. The van der Waals surface area contributed by atoms with Crippen molar-refractivity contribution in [2.75, 3.05) is 12.4 Å². The summed E-state index contributed by atoms with van der Waals surface area (Å²) < 4.78 is 4.63. The van der Waals surface area contributed by atoms with Crippen molar-refractivity contribution in [2.24, 2.45) is 0 Å². The molecule has 5 nitrogen and oxygen atoms in total. The van der Waals surface area contributed by atoms with E-state index in [-0.39, 0.29) is 16.5 Å². The van der Waals surface area contributed by atoms with Crippen LogP contribution in [-0.2, 0) is 9.53 Å². The van der Waals surface area contributed by atoms with Crippen molar-refractivity contribution in [2.45, 2.75) is 0 Å². The number of nitrogens with one attached hydrogen (secondary N) is 1. The summed E-state index contributed by atoms with van der Waals surface area (Å²) >= 11 is 5.91. The molecular weight excluding hydrogens is 304 g/mol. The van der Waals surface area contributed by atoms with Gasteiger partial charge in [0, 0.05) is 24.2 Å². The molecule has 1 heterocycles. The monoisotopic (exact) mass is 316 g/mol. The maximum Gasteiger partial charge on any atom is 0.339 e. The van der Waals surface area contributed by atoms with Crippen molar-refractivity contribution in [3.63, 3.8) is 0 Å². The highest BCUT2D eigenvalue weighted by atomic mass is 35.5. The Balaban J connectivity index is 2.09. The number of carbonyl (C=O) groups is 2. The fourth-order valence-corrected chi connectivity index (χ4v) is 1.89. The van der Waals surface area contributed by atoms with Crippen molar-refractivity contribution in [1.29, 1.82) is 0 Å². The third-order valence-corrected chi connectivity index (χ3v) is 3.08. The Morgan fingerprint density at radius 2 is 2.14 bits per heavy atom.